The number of carbonyl (C=O) groups is 2. The molecule has 2 aromatic rings. The van der Waals surface area contributed by atoms with Gasteiger partial charge in [0.05, 0.1) is 12.4 Å². The molecule has 4 rings (SSSR count). The van der Waals surface area contributed by atoms with Crippen LogP contribution < -0.4 is 39.4 Å². The number of ether oxygens (including phenoxy) is 1. The van der Waals surface area contributed by atoms with Crippen molar-refractivity contribution < 1.29 is 54.1 Å². The molecule has 0 saturated heterocycles. The van der Waals surface area contributed by atoms with Crippen LogP contribution in [0.1, 0.15) is 27.9 Å². The maximum Gasteiger partial charge on any atom is 1.00 e. The minimum atomic E-state index is -1.28. The van der Waals surface area contributed by atoms with Gasteiger partial charge in [-0.05, 0) is 23.8 Å². The first-order chi connectivity index (χ1) is 12.0. The van der Waals surface area contributed by atoms with Crippen molar-refractivity contribution in [3.8, 4) is 11.5 Å². The molecule has 0 spiro atoms. The quantitative estimate of drug-likeness (QED) is 0.687. The number of carboxylic acid groups (broad SMARTS) is 1. The number of hydrogen-bond acceptors (Lipinski definition) is 5. The zero-order valence-electron chi connectivity index (χ0n) is 14.1. The topological polar surface area (TPSA) is 86.7 Å². The van der Waals surface area contributed by atoms with E-state index >= 15 is 0 Å². The first-order valence-electron chi connectivity index (χ1n) is 7.80. The molecule has 1 atom stereocenters. The average Bonchev–Trinajstić information content (AvgIpc) is 2.59. The summed E-state index contributed by atoms with van der Waals surface area (Å²) in [6.45, 7) is 0. The van der Waals surface area contributed by atoms with Gasteiger partial charge < -0.3 is 19.7 Å². The third-order valence-electron chi connectivity index (χ3n) is 4.39. The number of rotatable bonds is 2. The Kier molecular flexibility index (Phi) is 5.05. The van der Waals surface area contributed by atoms with E-state index in [1.54, 1.807) is 30.3 Å². The molecular weight excluding hydrogens is 343 g/mol. The van der Waals surface area contributed by atoms with Crippen molar-refractivity contribution in [2.45, 2.75) is 12.5 Å². The number of carbonyl (C=O) groups excluding carboxylic acids is 2. The van der Waals surface area contributed by atoms with Gasteiger partial charge in [0.15, 0.2) is 5.78 Å². The van der Waals surface area contributed by atoms with E-state index in [0.717, 1.165) is 5.57 Å². The van der Waals surface area contributed by atoms with E-state index < -0.39 is 12.1 Å². The molecule has 124 valence electrons. The Morgan fingerprint density at radius 1 is 1.12 bits per heavy atom. The average molecular weight is 356 g/mol. The van der Waals surface area contributed by atoms with Gasteiger partial charge in [-0.25, -0.2) is 0 Å². The van der Waals surface area contributed by atoms with Gasteiger partial charge in [-0.2, -0.15) is 0 Å². The minimum absolute atomic E-state index is 0. The van der Waals surface area contributed by atoms with Gasteiger partial charge in [0.1, 0.15) is 17.6 Å². The Hall–Kier alpha value is -2.34. The van der Waals surface area contributed by atoms with Crippen molar-refractivity contribution in [3.05, 3.63) is 76.9 Å². The van der Waals surface area contributed by atoms with Crippen LogP contribution in [0.2, 0.25) is 0 Å². The maximum atomic E-state index is 11.8. The summed E-state index contributed by atoms with van der Waals surface area (Å²) < 4.78 is 5.89. The maximum absolute atomic E-state index is 11.8. The SMILES string of the molecule is O=C1C=CC2=C(c3ccccc3C(=O)[O-])c3ccc(O)cc3OC2C1.[Na+]. The summed E-state index contributed by atoms with van der Waals surface area (Å²) >= 11 is 0. The number of phenols is 1. The van der Waals surface area contributed by atoms with Gasteiger partial charge in [-0.15, -0.1) is 0 Å². The molecular formula is C20H13NaO5. The van der Waals surface area contributed by atoms with Crippen LogP contribution in [-0.2, 0) is 4.79 Å². The normalized spacial score (nSPS) is 17.7. The van der Waals surface area contributed by atoms with Crippen molar-refractivity contribution in [1.29, 1.82) is 0 Å². The first kappa shape index (κ1) is 18.5. The van der Waals surface area contributed by atoms with Crippen molar-refractivity contribution >= 4 is 17.3 Å². The van der Waals surface area contributed by atoms with E-state index in [1.165, 1.54) is 24.3 Å². The molecule has 0 bridgehead atoms. The van der Waals surface area contributed by atoms with Gasteiger partial charge in [-0.3, -0.25) is 4.79 Å². The van der Waals surface area contributed by atoms with Gasteiger partial charge >= 0.3 is 29.6 Å². The molecule has 26 heavy (non-hydrogen) atoms. The molecule has 0 radical (unpaired) electrons. The van der Waals surface area contributed by atoms with Gasteiger partial charge in [0.2, 0.25) is 0 Å². The third-order valence-corrected chi connectivity index (χ3v) is 4.39. The number of ketones is 1. The molecule has 2 aliphatic rings. The van der Waals surface area contributed by atoms with Crippen molar-refractivity contribution in [2.75, 3.05) is 0 Å². The summed E-state index contributed by atoms with van der Waals surface area (Å²) in [6.07, 6.45) is 2.80. The number of phenolic OH excluding ortho intramolecular Hbond substituents is 1. The number of aromatic hydroxyl groups is 1. The first-order valence-corrected chi connectivity index (χ1v) is 7.80. The summed E-state index contributed by atoms with van der Waals surface area (Å²) in [5.74, 6) is -0.889. The van der Waals surface area contributed by atoms with E-state index in [-0.39, 0.29) is 53.1 Å². The van der Waals surface area contributed by atoms with Crippen LogP contribution in [0.4, 0.5) is 0 Å². The molecule has 0 aromatic heterocycles. The molecule has 0 saturated carbocycles. The molecule has 1 N–H and O–H groups in total. The predicted molar refractivity (Wildman–Crippen MR) is 88.1 cm³/mol. The largest absolute Gasteiger partial charge is 1.00 e. The monoisotopic (exact) mass is 356 g/mol. The predicted octanol–water partition coefficient (Wildman–Crippen LogP) is -1.15. The van der Waals surface area contributed by atoms with Crippen LogP contribution in [0.15, 0.2) is 60.2 Å². The van der Waals surface area contributed by atoms with Crippen LogP contribution in [0.25, 0.3) is 5.57 Å². The number of aromatic carboxylic acids is 1. The zero-order chi connectivity index (χ0) is 17.6. The second-order valence-corrected chi connectivity index (χ2v) is 5.95. The van der Waals surface area contributed by atoms with Crippen molar-refractivity contribution in [2.24, 2.45) is 0 Å². The van der Waals surface area contributed by atoms with Gasteiger partial charge in [0, 0.05) is 28.3 Å². The van der Waals surface area contributed by atoms with Crippen LogP contribution in [-0.4, -0.2) is 23.0 Å². The van der Waals surface area contributed by atoms with Crippen molar-refractivity contribution in [1.82, 2.24) is 0 Å². The number of allylic oxidation sites excluding steroid dienone is 1. The number of fused-ring (bicyclic) bond motifs is 2. The summed E-state index contributed by atoms with van der Waals surface area (Å²) in [4.78, 5) is 23.3. The summed E-state index contributed by atoms with van der Waals surface area (Å²) in [7, 11) is 0. The van der Waals surface area contributed by atoms with Gasteiger partial charge in [0.25, 0.3) is 0 Å². The summed E-state index contributed by atoms with van der Waals surface area (Å²) in [5.41, 5.74) is 2.64. The second kappa shape index (κ2) is 7.11. The summed E-state index contributed by atoms with van der Waals surface area (Å²) in [5, 5.41) is 21.3. The molecule has 5 nitrogen and oxygen atoms in total. The Balaban J connectivity index is 0.00000196. The Morgan fingerprint density at radius 3 is 2.65 bits per heavy atom. The molecule has 1 aliphatic heterocycles. The molecule has 0 amide bonds. The minimum Gasteiger partial charge on any atom is -0.545 e. The van der Waals surface area contributed by atoms with E-state index in [2.05, 4.69) is 0 Å². The molecule has 6 heteroatoms. The number of benzene rings is 2. The smallest absolute Gasteiger partial charge is 0.545 e. The van der Waals surface area contributed by atoms with E-state index in [4.69, 9.17) is 4.74 Å². The Bertz CT molecular complexity index is 974. The zero-order valence-corrected chi connectivity index (χ0v) is 16.1. The van der Waals surface area contributed by atoms with E-state index in [9.17, 15) is 19.8 Å². The third kappa shape index (κ3) is 3.09. The fourth-order valence-corrected chi connectivity index (χ4v) is 3.30. The molecule has 1 aliphatic carbocycles. The van der Waals surface area contributed by atoms with Gasteiger partial charge in [-0.1, -0.05) is 30.3 Å². The Morgan fingerprint density at radius 2 is 1.88 bits per heavy atom. The molecule has 2 aromatic carbocycles. The number of carboxylic acids is 1. The fourth-order valence-electron chi connectivity index (χ4n) is 3.30. The fraction of sp³-hybridized carbons (Fsp3) is 0.100. The van der Waals surface area contributed by atoms with Crippen LogP contribution in [0.5, 0.6) is 11.5 Å². The van der Waals surface area contributed by atoms with Crippen LogP contribution in [0.3, 0.4) is 0 Å². The van der Waals surface area contributed by atoms with Crippen molar-refractivity contribution in [3.63, 3.8) is 0 Å². The van der Waals surface area contributed by atoms with Crippen LogP contribution in [0, 0.1) is 0 Å². The van der Waals surface area contributed by atoms with E-state index in [1.807, 2.05) is 0 Å². The Labute approximate surface area is 171 Å². The molecule has 1 unspecified atom stereocenters. The number of hydrogen-bond donors (Lipinski definition) is 1. The second-order valence-electron chi connectivity index (χ2n) is 5.95. The van der Waals surface area contributed by atoms with Crippen LogP contribution >= 0.6 is 0 Å². The summed E-state index contributed by atoms with van der Waals surface area (Å²) in [6, 6.07) is 11.2. The van der Waals surface area contributed by atoms with E-state index in [0.29, 0.717) is 22.4 Å². The molecule has 0 fully saturated rings. The standard InChI is InChI=1S/C20H14O5.Na/c21-11-5-7-15-17(9-11)25-18-10-12(22)6-8-16(18)19(15)13-3-1-2-4-14(13)20(23)24;/h1-9,18,21H,10H2,(H,23,24);/q;+1/p-1. The molecule has 1 heterocycles.